The predicted molar refractivity (Wildman–Crippen MR) is 64.7 cm³/mol. The molecule has 0 saturated carbocycles. The van der Waals surface area contributed by atoms with E-state index in [4.69, 9.17) is 5.11 Å². The fraction of sp³-hybridized carbons (Fsp3) is 0.333. The van der Waals surface area contributed by atoms with Gasteiger partial charge in [-0.1, -0.05) is 0 Å². The zero-order valence-electron chi connectivity index (χ0n) is 10.2. The third kappa shape index (κ3) is 4.14. The number of carbonyl (C=O) groups is 2. The van der Waals surface area contributed by atoms with E-state index in [9.17, 15) is 14.0 Å². The van der Waals surface area contributed by atoms with Gasteiger partial charge in [0.05, 0.1) is 11.7 Å². The van der Waals surface area contributed by atoms with Gasteiger partial charge >= 0.3 is 0 Å². The Kier molecular flexibility index (Phi) is 4.79. The third-order valence-electron chi connectivity index (χ3n) is 2.09. The number of benzene rings is 1. The first kappa shape index (κ1) is 14.1. The summed E-state index contributed by atoms with van der Waals surface area (Å²) in [6, 6.07) is 3.71. The van der Waals surface area contributed by atoms with Crippen molar-refractivity contribution in [2.75, 3.05) is 11.9 Å². The zero-order chi connectivity index (χ0) is 13.7. The molecule has 0 aliphatic carbocycles. The molecule has 0 heterocycles. The molecule has 0 fully saturated rings. The predicted octanol–water partition coefficient (Wildman–Crippen LogP) is 0.895. The van der Waals surface area contributed by atoms with Crippen LogP contribution in [-0.2, 0) is 4.79 Å². The molecule has 18 heavy (non-hydrogen) atoms. The lowest BCUT2D eigenvalue weighted by molar-refractivity contribution is -0.114. The molecular formula is C12H15FN2O3. The summed E-state index contributed by atoms with van der Waals surface area (Å²) in [6.45, 7) is 2.85. The van der Waals surface area contributed by atoms with Crippen molar-refractivity contribution in [3.05, 3.63) is 29.6 Å². The van der Waals surface area contributed by atoms with Gasteiger partial charge in [-0.2, -0.15) is 0 Å². The smallest absolute Gasteiger partial charge is 0.254 e. The molecule has 0 aliphatic rings. The van der Waals surface area contributed by atoms with E-state index in [1.54, 1.807) is 0 Å². The van der Waals surface area contributed by atoms with Crippen LogP contribution in [-0.4, -0.2) is 29.6 Å². The Labute approximate surface area is 104 Å². The van der Waals surface area contributed by atoms with E-state index in [0.29, 0.717) is 5.69 Å². The molecule has 2 amide bonds. The highest BCUT2D eigenvalue weighted by atomic mass is 19.1. The Morgan fingerprint density at radius 1 is 1.44 bits per heavy atom. The summed E-state index contributed by atoms with van der Waals surface area (Å²) in [4.78, 5) is 22.5. The summed E-state index contributed by atoms with van der Waals surface area (Å²) in [7, 11) is 0. The van der Waals surface area contributed by atoms with E-state index in [2.05, 4.69) is 10.6 Å². The second-order valence-corrected chi connectivity index (χ2v) is 3.93. The van der Waals surface area contributed by atoms with Gasteiger partial charge in [-0.15, -0.1) is 0 Å². The van der Waals surface area contributed by atoms with Gasteiger partial charge in [0.1, 0.15) is 5.82 Å². The molecule has 0 aromatic heterocycles. The van der Waals surface area contributed by atoms with E-state index in [0.717, 1.165) is 6.07 Å². The second-order valence-electron chi connectivity index (χ2n) is 3.93. The molecule has 0 aliphatic heterocycles. The number of carbonyl (C=O) groups excluding carboxylic acids is 2. The number of nitrogens with one attached hydrogen (secondary N) is 2. The van der Waals surface area contributed by atoms with Crippen LogP contribution in [0.4, 0.5) is 10.1 Å². The van der Waals surface area contributed by atoms with Gasteiger partial charge in [-0.3, -0.25) is 9.59 Å². The largest absolute Gasteiger partial charge is 0.392 e. The number of amides is 2. The van der Waals surface area contributed by atoms with Crippen LogP contribution in [0.3, 0.4) is 0 Å². The molecule has 0 saturated heterocycles. The van der Waals surface area contributed by atoms with Crippen LogP contribution < -0.4 is 10.6 Å². The Morgan fingerprint density at radius 3 is 2.67 bits per heavy atom. The van der Waals surface area contributed by atoms with E-state index < -0.39 is 17.8 Å². The summed E-state index contributed by atoms with van der Waals surface area (Å²) < 4.78 is 13.4. The van der Waals surface area contributed by atoms with Crippen LogP contribution in [0.15, 0.2) is 18.2 Å². The van der Waals surface area contributed by atoms with Gasteiger partial charge < -0.3 is 15.7 Å². The molecule has 1 aromatic carbocycles. The van der Waals surface area contributed by atoms with Gasteiger partial charge in [0.2, 0.25) is 5.91 Å². The monoisotopic (exact) mass is 254 g/mol. The molecule has 1 atom stereocenters. The second kappa shape index (κ2) is 6.11. The highest BCUT2D eigenvalue weighted by Gasteiger charge is 2.13. The lowest BCUT2D eigenvalue weighted by Crippen LogP contribution is -2.31. The molecule has 1 rings (SSSR count). The van der Waals surface area contributed by atoms with Crippen molar-refractivity contribution in [3.8, 4) is 0 Å². The number of hydrogen-bond donors (Lipinski definition) is 3. The Hall–Kier alpha value is -1.95. The normalized spacial score (nSPS) is 11.8. The zero-order valence-corrected chi connectivity index (χ0v) is 10.2. The summed E-state index contributed by atoms with van der Waals surface area (Å²) in [5, 5.41) is 13.9. The molecule has 5 nitrogen and oxygen atoms in total. The van der Waals surface area contributed by atoms with Crippen molar-refractivity contribution in [3.63, 3.8) is 0 Å². The lowest BCUT2D eigenvalue weighted by Gasteiger charge is -2.09. The molecular weight excluding hydrogens is 239 g/mol. The molecule has 3 N–H and O–H groups in total. The van der Waals surface area contributed by atoms with Gasteiger partial charge in [0.15, 0.2) is 0 Å². The van der Waals surface area contributed by atoms with Crippen LogP contribution in [0.25, 0.3) is 0 Å². The minimum Gasteiger partial charge on any atom is -0.392 e. The highest BCUT2D eigenvalue weighted by molar-refractivity contribution is 5.97. The van der Waals surface area contributed by atoms with Gasteiger partial charge in [0.25, 0.3) is 5.91 Å². The molecule has 1 aromatic rings. The van der Waals surface area contributed by atoms with E-state index >= 15 is 0 Å². The molecule has 0 spiro atoms. The van der Waals surface area contributed by atoms with Gasteiger partial charge in [0, 0.05) is 19.2 Å². The number of aliphatic hydroxyl groups is 1. The number of aliphatic hydroxyl groups excluding tert-OH is 1. The number of rotatable bonds is 4. The van der Waals surface area contributed by atoms with Crippen LogP contribution in [0.5, 0.6) is 0 Å². The average molecular weight is 254 g/mol. The SMILES string of the molecule is CC(=O)Nc1ccc(F)c(C(=O)NCC(C)O)c1. The molecule has 98 valence electrons. The summed E-state index contributed by atoms with van der Waals surface area (Å²) in [6.07, 6.45) is -0.712. The standard InChI is InChI=1S/C12H15FN2O3/c1-7(16)6-14-12(18)10-5-9(15-8(2)17)3-4-11(10)13/h3-5,7,16H,6H2,1-2H3,(H,14,18)(H,15,17). The minimum absolute atomic E-state index is 0.0304. The summed E-state index contributed by atoms with van der Waals surface area (Å²) in [5.41, 5.74) is 0.160. The number of hydrogen-bond acceptors (Lipinski definition) is 3. The Balaban J connectivity index is 2.86. The fourth-order valence-corrected chi connectivity index (χ4v) is 1.32. The maximum Gasteiger partial charge on any atom is 0.254 e. The highest BCUT2D eigenvalue weighted by Crippen LogP contribution is 2.14. The quantitative estimate of drug-likeness (QED) is 0.746. The lowest BCUT2D eigenvalue weighted by atomic mass is 10.1. The molecule has 6 heteroatoms. The van der Waals surface area contributed by atoms with Crippen LogP contribution >= 0.6 is 0 Å². The van der Waals surface area contributed by atoms with Crippen molar-refractivity contribution in [2.24, 2.45) is 0 Å². The Morgan fingerprint density at radius 2 is 2.11 bits per heavy atom. The van der Waals surface area contributed by atoms with Crippen LogP contribution in [0.1, 0.15) is 24.2 Å². The molecule has 0 radical (unpaired) electrons. The van der Waals surface area contributed by atoms with Crippen molar-refractivity contribution in [2.45, 2.75) is 20.0 Å². The van der Waals surface area contributed by atoms with Crippen LogP contribution in [0, 0.1) is 5.82 Å². The average Bonchev–Trinajstić information content (AvgIpc) is 2.28. The summed E-state index contributed by atoms with van der Waals surface area (Å²) in [5.74, 6) is -1.63. The molecule has 0 bridgehead atoms. The van der Waals surface area contributed by atoms with Gasteiger partial charge in [-0.05, 0) is 25.1 Å². The number of anilines is 1. The Bertz CT molecular complexity index is 461. The van der Waals surface area contributed by atoms with Crippen molar-refractivity contribution in [1.29, 1.82) is 0 Å². The topological polar surface area (TPSA) is 78.4 Å². The first-order chi connectivity index (χ1) is 8.40. The van der Waals surface area contributed by atoms with E-state index in [1.807, 2.05) is 0 Å². The van der Waals surface area contributed by atoms with Crippen molar-refractivity contribution in [1.82, 2.24) is 5.32 Å². The van der Waals surface area contributed by atoms with E-state index in [-0.39, 0.29) is 18.0 Å². The summed E-state index contributed by atoms with van der Waals surface area (Å²) >= 11 is 0. The maximum absolute atomic E-state index is 13.4. The van der Waals surface area contributed by atoms with Gasteiger partial charge in [-0.25, -0.2) is 4.39 Å². The van der Waals surface area contributed by atoms with Crippen molar-refractivity contribution >= 4 is 17.5 Å². The minimum atomic E-state index is -0.712. The number of halogens is 1. The molecule has 1 unspecified atom stereocenters. The first-order valence-corrected chi connectivity index (χ1v) is 5.43. The maximum atomic E-state index is 13.4. The van der Waals surface area contributed by atoms with Crippen molar-refractivity contribution < 1.29 is 19.1 Å². The fourth-order valence-electron chi connectivity index (χ4n) is 1.32. The first-order valence-electron chi connectivity index (χ1n) is 5.43. The third-order valence-corrected chi connectivity index (χ3v) is 2.09. The van der Waals surface area contributed by atoms with E-state index in [1.165, 1.54) is 26.0 Å². The van der Waals surface area contributed by atoms with Crippen LogP contribution in [0.2, 0.25) is 0 Å².